The highest BCUT2D eigenvalue weighted by atomic mass is 35.5. The van der Waals surface area contributed by atoms with E-state index in [2.05, 4.69) is 10.4 Å². The number of nitrogens with one attached hydrogen (secondary N) is 1. The van der Waals surface area contributed by atoms with Crippen LogP contribution < -0.4 is 10.7 Å². The number of rotatable bonds is 4. The summed E-state index contributed by atoms with van der Waals surface area (Å²) in [6, 6.07) is 7.26. The number of benzene rings is 1. The number of piperidine rings is 1. The Balaban J connectivity index is 0.00000225. The van der Waals surface area contributed by atoms with Crippen LogP contribution in [0, 0.1) is 5.92 Å². The van der Waals surface area contributed by atoms with E-state index in [0.29, 0.717) is 24.4 Å². The summed E-state index contributed by atoms with van der Waals surface area (Å²) in [5, 5.41) is 7.96. The van der Waals surface area contributed by atoms with Crippen molar-refractivity contribution in [3.8, 4) is 0 Å². The summed E-state index contributed by atoms with van der Waals surface area (Å²) in [6.45, 7) is 2.40. The number of para-hydroxylation sites is 1. The molecule has 25 heavy (non-hydrogen) atoms. The van der Waals surface area contributed by atoms with Gasteiger partial charge in [-0.25, -0.2) is 0 Å². The summed E-state index contributed by atoms with van der Waals surface area (Å²) >= 11 is 0. The average molecular weight is 365 g/mol. The van der Waals surface area contributed by atoms with Gasteiger partial charge in [-0.2, -0.15) is 5.10 Å². The Morgan fingerprint density at radius 3 is 2.64 bits per heavy atom. The van der Waals surface area contributed by atoms with E-state index < -0.39 is 0 Å². The van der Waals surface area contributed by atoms with Crippen LogP contribution in [0.5, 0.6) is 0 Å². The lowest BCUT2D eigenvalue weighted by Gasteiger charge is -2.31. The normalized spacial score (nSPS) is 15.2. The van der Waals surface area contributed by atoms with Crippen LogP contribution in [0.2, 0.25) is 0 Å². The fourth-order valence-electron chi connectivity index (χ4n) is 3.39. The number of aryl methyl sites for hydroxylation is 1. The molecule has 2 aromatic rings. The Bertz CT molecular complexity index is 797. The van der Waals surface area contributed by atoms with Gasteiger partial charge < -0.3 is 10.2 Å². The molecule has 7 heteroatoms. The number of hydrogen-bond donors (Lipinski definition) is 1. The number of aromatic nitrogens is 2. The van der Waals surface area contributed by atoms with Crippen molar-refractivity contribution in [2.45, 2.75) is 19.3 Å². The molecule has 0 unspecified atom stereocenters. The minimum Gasteiger partial charge on any atom is -0.337 e. The molecule has 1 N–H and O–H groups in total. The number of carbonyl (C=O) groups is 1. The van der Waals surface area contributed by atoms with Crippen LogP contribution in [0.25, 0.3) is 10.9 Å². The van der Waals surface area contributed by atoms with Crippen LogP contribution in [-0.2, 0) is 7.05 Å². The van der Waals surface area contributed by atoms with Crippen molar-refractivity contribution >= 4 is 29.2 Å². The molecule has 0 aliphatic carbocycles. The maximum Gasteiger partial charge on any atom is 0.278 e. The molecular formula is C18H25ClN4O2. The maximum atomic E-state index is 12.8. The number of halogens is 1. The molecule has 1 aliphatic rings. The van der Waals surface area contributed by atoms with Crippen LogP contribution in [0.15, 0.2) is 29.1 Å². The predicted octanol–water partition coefficient (Wildman–Crippen LogP) is 1.82. The largest absolute Gasteiger partial charge is 0.337 e. The van der Waals surface area contributed by atoms with E-state index in [9.17, 15) is 9.59 Å². The topological polar surface area (TPSA) is 67.2 Å². The molecule has 1 amide bonds. The molecule has 0 bridgehead atoms. The van der Waals surface area contributed by atoms with Gasteiger partial charge in [0.1, 0.15) is 0 Å². The van der Waals surface area contributed by atoms with Gasteiger partial charge in [-0.1, -0.05) is 12.1 Å². The highest BCUT2D eigenvalue weighted by Gasteiger charge is 2.26. The SMILES string of the molecule is CNCCC1CCN(C(=O)c2nn(C)c3ccccc3c2=O)CC1.Cl. The molecule has 1 aromatic heterocycles. The van der Waals surface area contributed by atoms with Crippen molar-refractivity contribution in [1.29, 1.82) is 0 Å². The Morgan fingerprint density at radius 2 is 1.96 bits per heavy atom. The number of fused-ring (bicyclic) bond motifs is 1. The second-order valence-corrected chi connectivity index (χ2v) is 6.45. The summed E-state index contributed by atoms with van der Waals surface area (Å²) in [7, 11) is 3.72. The van der Waals surface area contributed by atoms with Crippen molar-refractivity contribution in [3.05, 3.63) is 40.2 Å². The van der Waals surface area contributed by atoms with Crippen LogP contribution in [0.4, 0.5) is 0 Å². The zero-order valence-corrected chi connectivity index (χ0v) is 15.5. The smallest absolute Gasteiger partial charge is 0.278 e. The monoisotopic (exact) mass is 364 g/mol. The first-order valence-corrected chi connectivity index (χ1v) is 8.51. The first kappa shape index (κ1) is 19.4. The Kier molecular flexibility index (Phi) is 6.56. The van der Waals surface area contributed by atoms with E-state index in [4.69, 9.17) is 0 Å². The van der Waals surface area contributed by atoms with Gasteiger partial charge in [0.25, 0.3) is 5.91 Å². The molecule has 0 radical (unpaired) electrons. The zero-order chi connectivity index (χ0) is 17.1. The molecule has 136 valence electrons. The Labute approximate surface area is 153 Å². The number of likely N-dealkylation sites (tertiary alicyclic amines) is 1. The third-order valence-electron chi connectivity index (χ3n) is 4.87. The summed E-state index contributed by atoms with van der Waals surface area (Å²) in [4.78, 5) is 27.2. The van der Waals surface area contributed by atoms with E-state index in [1.54, 1.807) is 22.7 Å². The lowest BCUT2D eigenvalue weighted by atomic mass is 9.93. The molecule has 6 nitrogen and oxygen atoms in total. The van der Waals surface area contributed by atoms with E-state index >= 15 is 0 Å². The summed E-state index contributed by atoms with van der Waals surface area (Å²) in [6.07, 6.45) is 3.11. The van der Waals surface area contributed by atoms with E-state index in [0.717, 1.165) is 31.3 Å². The Morgan fingerprint density at radius 1 is 1.28 bits per heavy atom. The first-order valence-electron chi connectivity index (χ1n) is 8.51. The van der Waals surface area contributed by atoms with Crippen LogP contribution in [-0.4, -0.2) is 47.3 Å². The number of carbonyl (C=O) groups excluding carboxylic acids is 1. The quantitative estimate of drug-likeness (QED) is 0.898. The van der Waals surface area contributed by atoms with Gasteiger partial charge in [0.2, 0.25) is 5.43 Å². The lowest BCUT2D eigenvalue weighted by molar-refractivity contribution is 0.0677. The average Bonchev–Trinajstić information content (AvgIpc) is 2.63. The van der Waals surface area contributed by atoms with Crippen LogP contribution in [0.3, 0.4) is 0 Å². The highest BCUT2D eigenvalue weighted by Crippen LogP contribution is 2.21. The summed E-state index contributed by atoms with van der Waals surface area (Å²) < 4.78 is 1.61. The fraction of sp³-hybridized carbons (Fsp3) is 0.500. The minimum absolute atomic E-state index is 0. The summed E-state index contributed by atoms with van der Waals surface area (Å²) in [5.74, 6) is 0.405. The second kappa shape index (κ2) is 8.45. The molecule has 1 saturated heterocycles. The Hall–Kier alpha value is -1.92. The molecule has 0 spiro atoms. The maximum absolute atomic E-state index is 12.8. The van der Waals surface area contributed by atoms with Gasteiger partial charge in [-0.3, -0.25) is 14.3 Å². The van der Waals surface area contributed by atoms with Gasteiger partial charge in [-0.15, -0.1) is 12.4 Å². The fourth-order valence-corrected chi connectivity index (χ4v) is 3.39. The highest BCUT2D eigenvalue weighted by molar-refractivity contribution is 5.95. The number of hydrogen-bond acceptors (Lipinski definition) is 4. The summed E-state index contributed by atoms with van der Waals surface area (Å²) in [5.41, 5.74) is 0.501. The van der Waals surface area contributed by atoms with Gasteiger partial charge in [0, 0.05) is 25.5 Å². The minimum atomic E-state index is -0.272. The van der Waals surface area contributed by atoms with E-state index in [1.807, 2.05) is 25.2 Å². The van der Waals surface area contributed by atoms with E-state index in [-0.39, 0.29) is 29.4 Å². The molecule has 2 heterocycles. The molecular weight excluding hydrogens is 340 g/mol. The number of amides is 1. The lowest BCUT2D eigenvalue weighted by Crippen LogP contribution is -2.41. The third-order valence-corrected chi connectivity index (χ3v) is 4.87. The molecule has 1 fully saturated rings. The van der Waals surface area contributed by atoms with Crippen molar-refractivity contribution in [2.24, 2.45) is 13.0 Å². The van der Waals surface area contributed by atoms with Gasteiger partial charge in [-0.05, 0) is 50.9 Å². The standard InChI is InChI=1S/C18H24N4O2.ClH/c1-19-10-7-13-8-11-22(12-9-13)18(24)16-17(23)14-5-3-4-6-15(14)21(2)20-16;/h3-6,13,19H,7-12H2,1-2H3;1H. The number of nitrogens with zero attached hydrogens (tertiary/aromatic N) is 3. The molecule has 1 aliphatic heterocycles. The van der Waals surface area contributed by atoms with Crippen molar-refractivity contribution < 1.29 is 4.79 Å². The third kappa shape index (κ3) is 4.02. The van der Waals surface area contributed by atoms with Crippen molar-refractivity contribution in [1.82, 2.24) is 20.0 Å². The van der Waals surface area contributed by atoms with E-state index in [1.165, 1.54) is 0 Å². The van der Waals surface area contributed by atoms with Gasteiger partial charge in [0.15, 0.2) is 5.69 Å². The van der Waals surface area contributed by atoms with Crippen molar-refractivity contribution in [3.63, 3.8) is 0 Å². The first-order chi connectivity index (χ1) is 11.6. The molecule has 1 aromatic carbocycles. The molecule has 0 atom stereocenters. The van der Waals surface area contributed by atoms with Crippen LogP contribution >= 0.6 is 12.4 Å². The molecule has 3 rings (SSSR count). The van der Waals surface area contributed by atoms with Gasteiger partial charge >= 0.3 is 0 Å². The van der Waals surface area contributed by atoms with Gasteiger partial charge in [0.05, 0.1) is 5.52 Å². The molecule has 0 saturated carbocycles. The zero-order valence-electron chi connectivity index (χ0n) is 14.7. The second-order valence-electron chi connectivity index (χ2n) is 6.45. The van der Waals surface area contributed by atoms with Crippen molar-refractivity contribution in [2.75, 3.05) is 26.7 Å². The van der Waals surface area contributed by atoms with Crippen LogP contribution in [0.1, 0.15) is 29.8 Å². The predicted molar refractivity (Wildman–Crippen MR) is 101 cm³/mol.